The predicted molar refractivity (Wildman–Crippen MR) is 98.2 cm³/mol. The highest BCUT2D eigenvalue weighted by Crippen LogP contribution is 2.41. The zero-order valence-corrected chi connectivity index (χ0v) is 16.4. The molecule has 2 aromatic rings. The van der Waals surface area contributed by atoms with Gasteiger partial charge >= 0.3 is 6.18 Å². The molecule has 3 rings (SSSR count). The predicted octanol–water partition coefficient (Wildman–Crippen LogP) is 5.63. The van der Waals surface area contributed by atoms with E-state index < -0.39 is 17.5 Å². The van der Waals surface area contributed by atoms with Crippen LogP contribution in [0, 0.1) is 0 Å². The molecule has 146 valence electrons. The molecule has 0 radical (unpaired) electrons. The number of aryl methyl sites for hydroxylation is 1. The van der Waals surface area contributed by atoms with Crippen LogP contribution in [0.25, 0.3) is 0 Å². The molecule has 1 aliphatic rings. The van der Waals surface area contributed by atoms with Crippen LogP contribution >= 0.6 is 23.4 Å². The maximum Gasteiger partial charge on any atom is 0.435 e. The molecule has 10 heteroatoms. The highest BCUT2D eigenvalue weighted by atomic mass is 35.5. The third kappa shape index (κ3) is 4.52. The summed E-state index contributed by atoms with van der Waals surface area (Å²) in [5, 5.41) is 8.48. The summed E-state index contributed by atoms with van der Waals surface area (Å²) in [6, 6.07) is 6.57. The SMILES string of the molecule is Cn1nc(C(F)(F)F)c(CSC2=NOC(C)(C)C2)c1Oc1ccccc1Cl. The van der Waals surface area contributed by atoms with Crippen molar-refractivity contribution in [3.8, 4) is 11.6 Å². The van der Waals surface area contributed by atoms with Gasteiger partial charge in [-0.15, -0.1) is 11.8 Å². The lowest BCUT2D eigenvalue weighted by atomic mass is 10.1. The van der Waals surface area contributed by atoms with E-state index in [-0.39, 0.29) is 22.9 Å². The van der Waals surface area contributed by atoms with Gasteiger partial charge in [-0.2, -0.15) is 18.3 Å². The molecule has 1 aromatic heterocycles. The minimum Gasteiger partial charge on any atom is -0.437 e. The number of thioether (sulfide) groups is 1. The normalized spacial score (nSPS) is 16.2. The van der Waals surface area contributed by atoms with Crippen LogP contribution in [0.5, 0.6) is 11.6 Å². The number of para-hydroxylation sites is 1. The molecule has 0 unspecified atom stereocenters. The molecule has 0 atom stereocenters. The van der Waals surface area contributed by atoms with Crippen LogP contribution in [-0.2, 0) is 23.8 Å². The first-order chi connectivity index (χ1) is 12.6. The molecule has 0 fully saturated rings. The van der Waals surface area contributed by atoms with Crippen molar-refractivity contribution in [3.63, 3.8) is 0 Å². The highest BCUT2D eigenvalue weighted by Gasteiger charge is 2.40. The smallest absolute Gasteiger partial charge is 0.435 e. The fourth-order valence-electron chi connectivity index (χ4n) is 2.51. The Balaban J connectivity index is 1.91. The molecular formula is C17H17ClF3N3O2S. The van der Waals surface area contributed by atoms with Crippen LogP contribution in [0.15, 0.2) is 29.4 Å². The first kappa shape index (κ1) is 19.9. The fourth-order valence-corrected chi connectivity index (χ4v) is 3.79. The van der Waals surface area contributed by atoms with Crippen molar-refractivity contribution in [2.45, 2.75) is 37.8 Å². The largest absolute Gasteiger partial charge is 0.437 e. The van der Waals surface area contributed by atoms with Crippen LogP contribution in [-0.4, -0.2) is 20.4 Å². The average molecular weight is 420 g/mol. The van der Waals surface area contributed by atoms with Gasteiger partial charge in [0, 0.05) is 19.2 Å². The number of rotatable bonds is 4. The summed E-state index contributed by atoms with van der Waals surface area (Å²) in [6.07, 6.45) is -4.08. The molecule has 0 amide bonds. The Bertz CT molecular complexity index is 881. The summed E-state index contributed by atoms with van der Waals surface area (Å²) in [5.41, 5.74) is -1.51. The van der Waals surface area contributed by atoms with Crippen molar-refractivity contribution < 1.29 is 22.7 Å². The molecule has 2 heterocycles. The molecule has 0 saturated carbocycles. The summed E-state index contributed by atoms with van der Waals surface area (Å²) in [6.45, 7) is 3.72. The third-order valence-electron chi connectivity index (χ3n) is 3.75. The van der Waals surface area contributed by atoms with Gasteiger partial charge in [-0.1, -0.05) is 28.9 Å². The molecule has 27 heavy (non-hydrogen) atoms. The molecule has 0 aliphatic carbocycles. The van der Waals surface area contributed by atoms with Crippen molar-refractivity contribution in [1.29, 1.82) is 0 Å². The van der Waals surface area contributed by atoms with Crippen molar-refractivity contribution >= 4 is 28.4 Å². The lowest BCUT2D eigenvalue weighted by Gasteiger charge is -2.13. The average Bonchev–Trinajstić information content (AvgIpc) is 3.07. The van der Waals surface area contributed by atoms with E-state index in [0.717, 1.165) is 4.68 Å². The first-order valence-electron chi connectivity index (χ1n) is 8.00. The van der Waals surface area contributed by atoms with E-state index in [1.54, 1.807) is 24.3 Å². The van der Waals surface area contributed by atoms with E-state index in [2.05, 4.69) is 10.3 Å². The molecule has 5 nitrogen and oxygen atoms in total. The fraction of sp³-hybridized carbons (Fsp3) is 0.412. The number of hydrogen-bond donors (Lipinski definition) is 0. The van der Waals surface area contributed by atoms with Gasteiger partial charge in [0.05, 0.1) is 10.6 Å². The van der Waals surface area contributed by atoms with Gasteiger partial charge in [-0.25, -0.2) is 4.68 Å². The zero-order valence-electron chi connectivity index (χ0n) is 14.8. The minimum absolute atomic E-state index is 0.0123. The third-order valence-corrected chi connectivity index (χ3v) is 5.05. The van der Waals surface area contributed by atoms with Crippen LogP contribution in [0.2, 0.25) is 5.02 Å². The molecule has 0 saturated heterocycles. The molecule has 0 bridgehead atoms. The molecule has 0 N–H and O–H groups in total. The Kier molecular flexibility index (Phi) is 5.36. The monoisotopic (exact) mass is 419 g/mol. The van der Waals surface area contributed by atoms with Crippen LogP contribution in [0.1, 0.15) is 31.5 Å². The number of alkyl halides is 3. The lowest BCUT2D eigenvalue weighted by Crippen LogP contribution is -2.18. The van der Waals surface area contributed by atoms with E-state index in [1.165, 1.54) is 18.8 Å². The number of aromatic nitrogens is 2. The molecule has 1 aromatic carbocycles. The number of benzene rings is 1. The Morgan fingerprint density at radius 3 is 2.63 bits per heavy atom. The summed E-state index contributed by atoms with van der Waals surface area (Å²) in [5.74, 6) is 0.229. The summed E-state index contributed by atoms with van der Waals surface area (Å²) in [4.78, 5) is 5.26. The van der Waals surface area contributed by atoms with Crippen LogP contribution in [0.3, 0.4) is 0 Å². The van der Waals surface area contributed by atoms with Gasteiger partial charge in [0.1, 0.15) is 16.4 Å². The van der Waals surface area contributed by atoms with Crippen LogP contribution in [0.4, 0.5) is 13.2 Å². The van der Waals surface area contributed by atoms with E-state index >= 15 is 0 Å². The van der Waals surface area contributed by atoms with Crippen LogP contribution < -0.4 is 4.74 Å². The van der Waals surface area contributed by atoms with Gasteiger partial charge in [-0.05, 0) is 26.0 Å². The van der Waals surface area contributed by atoms with Crippen molar-refractivity contribution in [1.82, 2.24) is 9.78 Å². The van der Waals surface area contributed by atoms with Gasteiger partial charge in [0.25, 0.3) is 0 Å². The molecule has 1 aliphatic heterocycles. The van der Waals surface area contributed by atoms with Crippen molar-refractivity contribution in [3.05, 3.63) is 40.5 Å². The van der Waals surface area contributed by atoms with E-state index in [1.807, 2.05) is 13.8 Å². The number of hydrogen-bond acceptors (Lipinski definition) is 5. The molecular weight excluding hydrogens is 403 g/mol. The number of oxime groups is 1. The highest BCUT2D eigenvalue weighted by molar-refractivity contribution is 8.13. The second kappa shape index (κ2) is 7.27. The van der Waals surface area contributed by atoms with Gasteiger partial charge in [0.15, 0.2) is 5.69 Å². The minimum atomic E-state index is -4.61. The second-order valence-corrected chi connectivity index (χ2v) is 8.04. The van der Waals surface area contributed by atoms with E-state index in [9.17, 15) is 13.2 Å². The van der Waals surface area contributed by atoms with Gasteiger partial charge in [-0.3, -0.25) is 0 Å². The quantitative estimate of drug-likeness (QED) is 0.644. The van der Waals surface area contributed by atoms with Crippen molar-refractivity contribution in [2.24, 2.45) is 12.2 Å². The Morgan fingerprint density at radius 2 is 2.04 bits per heavy atom. The Hall–Kier alpha value is -1.87. The van der Waals surface area contributed by atoms with E-state index in [4.69, 9.17) is 21.2 Å². The summed E-state index contributed by atoms with van der Waals surface area (Å²) < 4.78 is 47.1. The van der Waals surface area contributed by atoms with Gasteiger partial charge in [0.2, 0.25) is 5.88 Å². The molecule has 0 spiro atoms. The second-order valence-electron chi connectivity index (χ2n) is 6.59. The standard InChI is InChI=1S/C17H17ClF3N3O2S/c1-16(2)8-13(23-26-16)27-9-10-14(17(19,20)21)22-24(3)15(10)25-12-7-5-4-6-11(12)18/h4-7H,8-9H2,1-3H3. The Morgan fingerprint density at radius 1 is 1.33 bits per heavy atom. The topological polar surface area (TPSA) is 48.6 Å². The Labute approximate surface area is 163 Å². The van der Waals surface area contributed by atoms with Gasteiger partial charge < -0.3 is 9.57 Å². The number of halogens is 4. The maximum absolute atomic E-state index is 13.5. The number of ether oxygens (including phenoxy) is 1. The van der Waals surface area contributed by atoms with Crippen molar-refractivity contribution in [2.75, 3.05) is 0 Å². The zero-order chi connectivity index (χ0) is 19.8. The number of nitrogens with zero attached hydrogens (tertiary/aromatic N) is 3. The lowest BCUT2D eigenvalue weighted by molar-refractivity contribution is -0.141. The summed E-state index contributed by atoms with van der Waals surface area (Å²) in [7, 11) is 1.40. The summed E-state index contributed by atoms with van der Waals surface area (Å²) >= 11 is 7.24. The maximum atomic E-state index is 13.5. The van der Waals surface area contributed by atoms with E-state index in [0.29, 0.717) is 16.5 Å². The first-order valence-corrected chi connectivity index (χ1v) is 9.36.